The van der Waals surface area contributed by atoms with Crippen molar-refractivity contribution in [2.45, 2.75) is 284 Å². The SMILES string of the molecule is CCCCCC(CCCCC)CCOCCCCCCCCCC(CCCCCCCCCOC(=O)CC(CCCCC)CCCCC)OCCCCN1CCCCC1. The number of esters is 1. The fraction of sp³-hybridized carbons (Fsp3) is 0.981. The highest BCUT2D eigenvalue weighted by molar-refractivity contribution is 5.69. The molecule has 5 nitrogen and oxygen atoms in total. The Bertz CT molecular complexity index is 811. The van der Waals surface area contributed by atoms with E-state index in [4.69, 9.17) is 14.2 Å². The van der Waals surface area contributed by atoms with Crippen molar-refractivity contribution in [3.05, 3.63) is 0 Å². The van der Waals surface area contributed by atoms with E-state index in [1.807, 2.05) is 0 Å². The second-order valence-electron chi connectivity index (χ2n) is 19.2. The van der Waals surface area contributed by atoms with Gasteiger partial charge in [0.15, 0.2) is 0 Å². The van der Waals surface area contributed by atoms with Crippen LogP contribution in [0.25, 0.3) is 0 Å². The lowest BCUT2D eigenvalue weighted by Gasteiger charge is -2.26. The van der Waals surface area contributed by atoms with Crippen LogP contribution in [0.4, 0.5) is 0 Å². The van der Waals surface area contributed by atoms with Crippen molar-refractivity contribution in [2.24, 2.45) is 11.8 Å². The van der Waals surface area contributed by atoms with Crippen LogP contribution in [-0.2, 0) is 19.0 Å². The third-order valence-corrected chi connectivity index (χ3v) is 13.4. The van der Waals surface area contributed by atoms with E-state index < -0.39 is 0 Å². The molecule has 5 heteroatoms. The van der Waals surface area contributed by atoms with E-state index in [0.29, 0.717) is 25.0 Å². The number of carbonyl (C=O) groups excluding carboxylic acids is 1. The lowest BCUT2D eigenvalue weighted by Crippen LogP contribution is -2.30. The lowest BCUT2D eigenvalue weighted by molar-refractivity contribution is -0.145. The highest BCUT2D eigenvalue weighted by Gasteiger charge is 2.15. The fourth-order valence-corrected chi connectivity index (χ4v) is 9.35. The van der Waals surface area contributed by atoms with Crippen LogP contribution in [-0.4, -0.2) is 63.0 Å². The Morgan fingerprint density at radius 1 is 0.424 bits per heavy atom. The smallest absolute Gasteiger partial charge is 0.306 e. The Kier molecular flexibility index (Phi) is 43.4. The van der Waals surface area contributed by atoms with Gasteiger partial charge < -0.3 is 19.1 Å². The second kappa shape index (κ2) is 45.4. The molecule has 0 saturated carbocycles. The summed E-state index contributed by atoms with van der Waals surface area (Å²) in [6.45, 7) is 16.5. The molecule has 0 spiro atoms. The maximum atomic E-state index is 12.5. The highest BCUT2D eigenvalue weighted by Crippen LogP contribution is 2.23. The van der Waals surface area contributed by atoms with Crippen LogP contribution < -0.4 is 0 Å². The molecule has 0 aromatic heterocycles. The Hall–Kier alpha value is -0.650. The zero-order valence-electron chi connectivity index (χ0n) is 40.8. The van der Waals surface area contributed by atoms with E-state index in [2.05, 4.69) is 32.6 Å². The predicted molar refractivity (Wildman–Crippen MR) is 258 cm³/mol. The summed E-state index contributed by atoms with van der Waals surface area (Å²) in [7, 11) is 0. The van der Waals surface area contributed by atoms with Crippen molar-refractivity contribution < 1.29 is 19.0 Å². The van der Waals surface area contributed by atoms with Gasteiger partial charge in [-0.2, -0.15) is 0 Å². The zero-order chi connectivity index (χ0) is 42.5. The van der Waals surface area contributed by atoms with Gasteiger partial charge in [0, 0.05) is 26.2 Å². The molecule has 0 radical (unpaired) electrons. The van der Waals surface area contributed by atoms with E-state index in [-0.39, 0.29) is 5.97 Å². The minimum atomic E-state index is 0.0442. The maximum absolute atomic E-state index is 12.5. The van der Waals surface area contributed by atoms with Gasteiger partial charge in [0.25, 0.3) is 0 Å². The molecule has 0 aliphatic carbocycles. The largest absolute Gasteiger partial charge is 0.466 e. The number of piperidine rings is 1. The van der Waals surface area contributed by atoms with Crippen LogP contribution in [0.1, 0.15) is 278 Å². The van der Waals surface area contributed by atoms with Crippen molar-refractivity contribution in [3.8, 4) is 0 Å². The van der Waals surface area contributed by atoms with E-state index in [9.17, 15) is 4.79 Å². The Morgan fingerprint density at radius 3 is 1.39 bits per heavy atom. The summed E-state index contributed by atoms with van der Waals surface area (Å²) < 4.78 is 18.4. The molecule has 1 heterocycles. The van der Waals surface area contributed by atoms with E-state index >= 15 is 0 Å². The Morgan fingerprint density at radius 2 is 0.864 bits per heavy atom. The molecule has 352 valence electrons. The number of ether oxygens (including phenoxy) is 3. The summed E-state index contributed by atoms with van der Waals surface area (Å²) in [5, 5.41) is 0. The van der Waals surface area contributed by atoms with E-state index in [0.717, 1.165) is 32.2 Å². The van der Waals surface area contributed by atoms with Crippen LogP contribution >= 0.6 is 0 Å². The van der Waals surface area contributed by atoms with Crippen LogP contribution in [0, 0.1) is 11.8 Å². The van der Waals surface area contributed by atoms with Gasteiger partial charge in [0.2, 0.25) is 0 Å². The number of nitrogens with zero attached hydrogens (tertiary/aromatic N) is 1. The molecule has 1 aliphatic rings. The van der Waals surface area contributed by atoms with Gasteiger partial charge in [-0.3, -0.25) is 4.79 Å². The van der Waals surface area contributed by atoms with Crippen molar-refractivity contribution >= 4 is 5.97 Å². The van der Waals surface area contributed by atoms with Crippen LogP contribution in [0.5, 0.6) is 0 Å². The molecule has 0 aromatic carbocycles. The summed E-state index contributed by atoms with van der Waals surface area (Å²) in [5.74, 6) is 1.45. The number of hydrogen-bond acceptors (Lipinski definition) is 5. The first kappa shape index (κ1) is 56.4. The van der Waals surface area contributed by atoms with Gasteiger partial charge in [-0.05, 0) is 102 Å². The van der Waals surface area contributed by atoms with Gasteiger partial charge in [0.05, 0.1) is 12.7 Å². The third-order valence-electron chi connectivity index (χ3n) is 13.4. The molecular formula is C54H107NO4. The molecule has 1 unspecified atom stereocenters. The molecule has 0 N–H and O–H groups in total. The van der Waals surface area contributed by atoms with Gasteiger partial charge in [0.1, 0.15) is 0 Å². The van der Waals surface area contributed by atoms with Gasteiger partial charge in [-0.1, -0.05) is 201 Å². The van der Waals surface area contributed by atoms with Gasteiger partial charge in [-0.25, -0.2) is 0 Å². The summed E-state index contributed by atoms with van der Waals surface area (Å²) in [6.07, 6.45) is 50.6. The standard InChI is InChI=1S/C54H107NO4/c1-5-9-24-36-51(37-25-10-6-2)42-49-57-46-33-21-17-13-15-19-28-40-53(58-47-35-32-45-55-43-30-23-31-44-55)41-29-20-16-14-18-22-34-48-59-54(56)50-52(38-26-11-7-3)39-27-12-8-4/h51-53H,5-50H2,1-4H3. The van der Waals surface area contributed by atoms with E-state index in [1.165, 1.54) is 257 Å². The van der Waals surface area contributed by atoms with Crippen molar-refractivity contribution in [1.29, 1.82) is 0 Å². The van der Waals surface area contributed by atoms with Gasteiger partial charge >= 0.3 is 5.97 Å². The molecule has 0 bridgehead atoms. The maximum Gasteiger partial charge on any atom is 0.306 e. The second-order valence-corrected chi connectivity index (χ2v) is 19.2. The van der Waals surface area contributed by atoms with Crippen molar-refractivity contribution in [3.63, 3.8) is 0 Å². The average Bonchev–Trinajstić information content (AvgIpc) is 3.24. The minimum absolute atomic E-state index is 0.0442. The summed E-state index contributed by atoms with van der Waals surface area (Å²) in [6, 6.07) is 0. The molecule has 0 aromatic rings. The first-order chi connectivity index (χ1) is 29.1. The normalized spacial score (nSPS) is 14.2. The topological polar surface area (TPSA) is 48.0 Å². The molecule has 0 amide bonds. The van der Waals surface area contributed by atoms with Crippen LogP contribution in [0.3, 0.4) is 0 Å². The monoisotopic (exact) mass is 834 g/mol. The highest BCUT2D eigenvalue weighted by atomic mass is 16.5. The van der Waals surface area contributed by atoms with E-state index in [1.54, 1.807) is 0 Å². The summed E-state index contributed by atoms with van der Waals surface area (Å²) in [4.78, 5) is 15.2. The third kappa shape index (κ3) is 38.7. The molecular weight excluding hydrogens is 727 g/mol. The Balaban J connectivity index is 2.19. The molecule has 1 fully saturated rings. The number of hydrogen-bond donors (Lipinski definition) is 0. The molecule has 1 atom stereocenters. The summed E-state index contributed by atoms with van der Waals surface area (Å²) in [5.41, 5.74) is 0. The first-order valence-electron chi connectivity index (χ1n) is 27.2. The average molecular weight is 834 g/mol. The minimum Gasteiger partial charge on any atom is -0.466 e. The number of carbonyl (C=O) groups is 1. The quantitative estimate of drug-likeness (QED) is 0.0451. The predicted octanol–water partition coefficient (Wildman–Crippen LogP) is 16.8. The van der Waals surface area contributed by atoms with Crippen molar-refractivity contribution in [2.75, 3.05) is 46.1 Å². The van der Waals surface area contributed by atoms with Gasteiger partial charge in [-0.15, -0.1) is 0 Å². The van der Waals surface area contributed by atoms with Crippen LogP contribution in [0.15, 0.2) is 0 Å². The lowest BCUT2D eigenvalue weighted by atomic mass is 9.92. The number of unbranched alkanes of at least 4 members (excludes halogenated alkanes) is 21. The summed E-state index contributed by atoms with van der Waals surface area (Å²) >= 11 is 0. The Labute approximate surface area is 370 Å². The van der Waals surface area contributed by atoms with Crippen LogP contribution in [0.2, 0.25) is 0 Å². The zero-order valence-corrected chi connectivity index (χ0v) is 40.8. The number of rotatable bonds is 47. The number of likely N-dealkylation sites (tertiary alicyclic amines) is 1. The molecule has 1 saturated heterocycles. The first-order valence-corrected chi connectivity index (χ1v) is 27.2. The fourth-order valence-electron chi connectivity index (χ4n) is 9.35. The molecule has 1 aliphatic heterocycles. The molecule has 1 rings (SSSR count). The molecule has 59 heavy (non-hydrogen) atoms. The van der Waals surface area contributed by atoms with Crippen molar-refractivity contribution in [1.82, 2.24) is 4.90 Å².